The van der Waals surface area contributed by atoms with Crippen LogP contribution in [0.25, 0.3) is 5.69 Å². The van der Waals surface area contributed by atoms with Crippen LogP contribution in [-0.2, 0) is 6.61 Å². The Morgan fingerprint density at radius 1 is 0.970 bits per heavy atom. The molecule has 4 rings (SSSR count). The molecule has 0 amide bonds. The number of aryl methyl sites for hydroxylation is 1. The maximum Gasteiger partial charge on any atom is 0.233 e. The van der Waals surface area contributed by atoms with Crippen molar-refractivity contribution < 1.29 is 19.0 Å². The van der Waals surface area contributed by atoms with Gasteiger partial charge in [-0.25, -0.2) is 0 Å². The molecule has 0 fully saturated rings. The molecule has 4 aromatic rings. The average molecular weight is 483 g/mol. The number of hydrogen-bond acceptors (Lipinski definition) is 5. The second kappa shape index (κ2) is 9.98. The van der Waals surface area contributed by atoms with Gasteiger partial charge in [0.05, 0.1) is 34.1 Å². The van der Waals surface area contributed by atoms with Crippen molar-refractivity contribution in [3.8, 4) is 28.8 Å². The molecule has 1 aromatic heterocycles. The Kier molecular flexibility index (Phi) is 6.87. The first-order valence-electron chi connectivity index (χ1n) is 10.0. The molecule has 0 aliphatic carbocycles. The van der Waals surface area contributed by atoms with Crippen LogP contribution in [0.4, 0.5) is 0 Å². The lowest BCUT2D eigenvalue weighted by Gasteiger charge is -2.14. The number of nitrogens with zero attached hydrogens (tertiary/aromatic N) is 2. The van der Waals surface area contributed by atoms with Gasteiger partial charge in [-0.2, -0.15) is 9.78 Å². The van der Waals surface area contributed by atoms with Crippen LogP contribution in [0.2, 0.25) is 10.0 Å². The number of carbonyl (C=O) groups is 1. The third-order valence-electron chi connectivity index (χ3n) is 4.93. The van der Waals surface area contributed by atoms with Crippen LogP contribution >= 0.6 is 23.2 Å². The molecule has 0 saturated carbocycles. The third-order valence-corrected chi connectivity index (χ3v) is 5.52. The van der Waals surface area contributed by atoms with Crippen molar-refractivity contribution in [1.82, 2.24) is 9.78 Å². The number of aldehydes is 1. The summed E-state index contributed by atoms with van der Waals surface area (Å²) in [6, 6.07) is 20.0. The number of rotatable bonds is 8. The number of hydrogen-bond donors (Lipinski definition) is 0. The topological polar surface area (TPSA) is 62.6 Å². The van der Waals surface area contributed by atoms with E-state index in [4.69, 9.17) is 37.4 Å². The predicted octanol–water partition coefficient (Wildman–Crippen LogP) is 6.68. The lowest BCUT2D eigenvalue weighted by Crippen LogP contribution is -2.01. The number of benzene rings is 3. The molecular weight excluding hydrogens is 463 g/mol. The normalized spacial score (nSPS) is 10.7. The van der Waals surface area contributed by atoms with Crippen LogP contribution in [0, 0.1) is 6.92 Å². The van der Waals surface area contributed by atoms with Gasteiger partial charge in [0.1, 0.15) is 18.1 Å². The van der Waals surface area contributed by atoms with Crippen molar-refractivity contribution >= 4 is 29.5 Å². The van der Waals surface area contributed by atoms with Crippen molar-refractivity contribution in [3.05, 3.63) is 93.6 Å². The Bertz CT molecular complexity index is 1270. The summed E-state index contributed by atoms with van der Waals surface area (Å²) in [5.41, 5.74) is 2.53. The van der Waals surface area contributed by atoms with E-state index in [1.54, 1.807) is 30.8 Å². The molecule has 0 saturated heterocycles. The van der Waals surface area contributed by atoms with Crippen LogP contribution in [0.15, 0.2) is 66.7 Å². The number of methoxy groups -OCH3 is 1. The minimum atomic E-state index is 0.249. The number of aromatic nitrogens is 2. The third kappa shape index (κ3) is 4.97. The lowest BCUT2D eigenvalue weighted by molar-refractivity contribution is 0.112. The Balaban J connectivity index is 1.64. The molecule has 0 N–H and O–H groups in total. The summed E-state index contributed by atoms with van der Waals surface area (Å²) in [4.78, 5) is 11.8. The molecule has 0 unspecified atom stereocenters. The highest BCUT2D eigenvalue weighted by molar-refractivity contribution is 6.36. The number of ether oxygens (including phenoxy) is 3. The monoisotopic (exact) mass is 482 g/mol. The first kappa shape index (κ1) is 22.7. The Morgan fingerprint density at radius 2 is 1.67 bits per heavy atom. The Morgan fingerprint density at radius 3 is 2.33 bits per heavy atom. The van der Waals surface area contributed by atoms with Gasteiger partial charge >= 0.3 is 0 Å². The second-order valence-corrected chi connectivity index (χ2v) is 7.94. The molecule has 3 aromatic carbocycles. The van der Waals surface area contributed by atoms with E-state index >= 15 is 0 Å². The molecule has 8 heteroatoms. The lowest BCUT2D eigenvalue weighted by atomic mass is 10.2. The van der Waals surface area contributed by atoms with E-state index in [1.807, 2.05) is 54.6 Å². The standard InChI is InChI=1S/C25H20Cl2N2O4/c1-16-20(14-30)25(29(28-16)18-6-4-3-5-7-18)33-24-13-23(21(26)12-22(24)27)32-15-17-8-10-19(31-2)11-9-17/h3-14H,15H2,1-2H3. The second-order valence-electron chi connectivity index (χ2n) is 7.12. The fraction of sp³-hybridized carbons (Fsp3) is 0.120. The van der Waals surface area contributed by atoms with Gasteiger partial charge < -0.3 is 14.2 Å². The smallest absolute Gasteiger partial charge is 0.233 e. The number of halogens is 2. The van der Waals surface area contributed by atoms with Gasteiger partial charge in [0.15, 0.2) is 12.0 Å². The summed E-state index contributed by atoms with van der Waals surface area (Å²) in [7, 11) is 1.61. The maximum atomic E-state index is 11.8. The fourth-order valence-electron chi connectivity index (χ4n) is 3.18. The zero-order chi connectivity index (χ0) is 23.4. The fourth-order valence-corrected chi connectivity index (χ4v) is 3.66. The van der Waals surface area contributed by atoms with Gasteiger partial charge in [0, 0.05) is 6.07 Å². The van der Waals surface area contributed by atoms with Gasteiger partial charge in [-0.1, -0.05) is 53.5 Å². The highest BCUT2D eigenvalue weighted by Crippen LogP contribution is 2.40. The molecule has 6 nitrogen and oxygen atoms in total. The van der Waals surface area contributed by atoms with Crippen LogP contribution in [0.3, 0.4) is 0 Å². The van der Waals surface area contributed by atoms with Gasteiger partial charge in [-0.3, -0.25) is 4.79 Å². The minimum Gasteiger partial charge on any atom is -0.497 e. The first-order valence-corrected chi connectivity index (χ1v) is 10.8. The minimum absolute atomic E-state index is 0.249. The largest absolute Gasteiger partial charge is 0.497 e. The van der Waals surface area contributed by atoms with Gasteiger partial charge in [0.25, 0.3) is 0 Å². The van der Waals surface area contributed by atoms with Crippen molar-refractivity contribution in [2.45, 2.75) is 13.5 Å². The van der Waals surface area contributed by atoms with E-state index in [0.29, 0.717) is 28.3 Å². The van der Waals surface area contributed by atoms with Crippen molar-refractivity contribution in [1.29, 1.82) is 0 Å². The Hall–Kier alpha value is -3.48. The zero-order valence-corrected chi connectivity index (χ0v) is 19.4. The number of carbonyl (C=O) groups excluding carboxylic acids is 1. The number of para-hydroxylation sites is 1. The SMILES string of the molecule is COc1ccc(COc2cc(Oc3c(C=O)c(C)nn3-c3ccccc3)c(Cl)cc2Cl)cc1. The van der Waals surface area contributed by atoms with Gasteiger partial charge in [-0.05, 0) is 42.8 Å². The molecule has 0 bridgehead atoms. The quantitative estimate of drug-likeness (QED) is 0.262. The van der Waals surface area contributed by atoms with Gasteiger partial charge in [0.2, 0.25) is 5.88 Å². The summed E-state index contributed by atoms with van der Waals surface area (Å²) in [5, 5.41) is 5.07. The first-order chi connectivity index (χ1) is 16.0. The average Bonchev–Trinajstić information content (AvgIpc) is 3.15. The van der Waals surface area contributed by atoms with Crippen LogP contribution < -0.4 is 14.2 Å². The van der Waals surface area contributed by atoms with E-state index in [1.165, 1.54) is 0 Å². The molecule has 0 radical (unpaired) electrons. The summed E-state index contributed by atoms with van der Waals surface area (Å²) >= 11 is 12.8. The van der Waals surface area contributed by atoms with Gasteiger partial charge in [-0.15, -0.1) is 0 Å². The molecule has 0 aliphatic heterocycles. The van der Waals surface area contributed by atoms with Crippen LogP contribution in [0.1, 0.15) is 21.6 Å². The molecule has 0 atom stereocenters. The van der Waals surface area contributed by atoms with Crippen molar-refractivity contribution in [3.63, 3.8) is 0 Å². The van der Waals surface area contributed by atoms with Crippen LogP contribution in [0.5, 0.6) is 23.1 Å². The maximum absolute atomic E-state index is 11.8. The molecule has 1 heterocycles. The highest BCUT2D eigenvalue weighted by atomic mass is 35.5. The molecule has 168 valence electrons. The summed E-state index contributed by atoms with van der Waals surface area (Å²) in [6.45, 7) is 2.02. The predicted molar refractivity (Wildman–Crippen MR) is 128 cm³/mol. The highest BCUT2D eigenvalue weighted by Gasteiger charge is 2.20. The molecular formula is C25H20Cl2N2O4. The van der Waals surface area contributed by atoms with E-state index in [0.717, 1.165) is 17.0 Å². The molecule has 0 spiro atoms. The van der Waals surface area contributed by atoms with E-state index < -0.39 is 0 Å². The summed E-state index contributed by atoms with van der Waals surface area (Å²) in [6.07, 6.45) is 0.710. The van der Waals surface area contributed by atoms with E-state index in [-0.39, 0.29) is 23.3 Å². The summed E-state index contributed by atoms with van der Waals surface area (Å²) < 4.78 is 18.7. The van der Waals surface area contributed by atoms with Crippen molar-refractivity contribution in [2.75, 3.05) is 7.11 Å². The molecule has 33 heavy (non-hydrogen) atoms. The van der Waals surface area contributed by atoms with Crippen LogP contribution in [-0.4, -0.2) is 23.2 Å². The zero-order valence-electron chi connectivity index (χ0n) is 17.9. The van der Waals surface area contributed by atoms with Crippen molar-refractivity contribution in [2.24, 2.45) is 0 Å². The molecule has 0 aliphatic rings. The summed E-state index contributed by atoms with van der Waals surface area (Å²) in [5.74, 6) is 1.68. The van der Waals surface area contributed by atoms with E-state index in [2.05, 4.69) is 5.10 Å². The van der Waals surface area contributed by atoms with E-state index in [9.17, 15) is 4.79 Å². The Labute approximate surface area is 201 Å².